The van der Waals surface area contributed by atoms with Gasteiger partial charge in [0, 0.05) is 32.7 Å². The van der Waals surface area contributed by atoms with E-state index in [2.05, 4.69) is 41.8 Å². The Hall–Kier alpha value is -0.850. The first-order valence-electron chi connectivity index (χ1n) is 8.69. The van der Waals surface area contributed by atoms with Gasteiger partial charge in [-0.05, 0) is 17.5 Å². The second-order valence-electron chi connectivity index (χ2n) is 6.30. The van der Waals surface area contributed by atoms with Gasteiger partial charge < -0.3 is 20.3 Å². The molecule has 1 unspecified atom stereocenters. The molecule has 7 heteroatoms. The van der Waals surface area contributed by atoms with Crippen molar-refractivity contribution in [1.29, 1.82) is 0 Å². The zero-order valence-electron chi connectivity index (χ0n) is 14.7. The Morgan fingerprint density at radius 1 is 1.16 bits per heavy atom. The Labute approximate surface area is 162 Å². The minimum atomic E-state index is 0. The number of hydrogen-bond donors (Lipinski definition) is 2. The van der Waals surface area contributed by atoms with E-state index in [0.717, 1.165) is 39.1 Å². The molecule has 1 atom stereocenters. The third kappa shape index (κ3) is 5.83. The van der Waals surface area contributed by atoms with Gasteiger partial charge in [0.1, 0.15) is 0 Å². The van der Waals surface area contributed by atoms with E-state index < -0.39 is 0 Å². The van der Waals surface area contributed by atoms with E-state index in [-0.39, 0.29) is 36.8 Å². The van der Waals surface area contributed by atoms with Gasteiger partial charge in [-0.3, -0.25) is 4.79 Å². The van der Waals surface area contributed by atoms with Crippen molar-refractivity contribution in [1.82, 2.24) is 15.5 Å². The molecule has 2 fully saturated rings. The molecule has 0 radical (unpaired) electrons. The highest BCUT2D eigenvalue weighted by Gasteiger charge is 2.28. The van der Waals surface area contributed by atoms with Gasteiger partial charge in [-0.1, -0.05) is 31.2 Å². The van der Waals surface area contributed by atoms with E-state index in [4.69, 9.17) is 4.74 Å². The second kappa shape index (κ2) is 11.0. The number of hydrogen-bond acceptors (Lipinski definition) is 4. The molecule has 0 spiro atoms. The zero-order valence-corrected chi connectivity index (χ0v) is 16.3. The molecule has 1 aromatic rings. The van der Waals surface area contributed by atoms with E-state index in [1.165, 1.54) is 11.1 Å². The first kappa shape index (κ1) is 22.2. The van der Waals surface area contributed by atoms with Crippen molar-refractivity contribution in [3.63, 3.8) is 0 Å². The molecular formula is C18H29Cl2N3O2. The quantitative estimate of drug-likeness (QED) is 0.780. The van der Waals surface area contributed by atoms with Crippen LogP contribution in [0.5, 0.6) is 0 Å². The normalized spacial score (nSPS) is 20.2. The molecule has 0 saturated carbocycles. The smallest absolute Gasteiger partial charge is 0.225 e. The fraction of sp³-hybridized carbons (Fsp3) is 0.611. The van der Waals surface area contributed by atoms with Crippen LogP contribution >= 0.6 is 24.8 Å². The van der Waals surface area contributed by atoms with Crippen LogP contribution in [0.1, 0.15) is 30.5 Å². The van der Waals surface area contributed by atoms with Crippen LogP contribution in [0.3, 0.4) is 0 Å². The van der Waals surface area contributed by atoms with E-state index in [0.29, 0.717) is 19.1 Å². The predicted octanol–water partition coefficient (Wildman–Crippen LogP) is 1.94. The monoisotopic (exact) mass is 389 g/mol. The van der Waals surface area contributed by atoms with Crippen LogP contribution in [0.25, 0.3) is 0 Å². The largest absolute Gasteiger partial charge is 0.375 e. The number of benzene rings is 1. The fourth-order valence-corrected chi connectivity index (χ4v) is 3.11. The lowest BCUT2D eigenvalue weighted by Gasteiger charge is -2.37. The minimum Gasteiger partial charge on any atom is -0.375 e. The Morgan fingerprint density at radius 3 is 2.48 bits per heavy atom. The summed E-state index contributed by atoms with van der Waals surface area (Å²) in [7, 11) is 0. The molecule has 25 heavy (non-hydrogen) atoms. The van der Waals surface area contributed by atoms with Gasteiger partial charge in [0.25, 0.3) is 0 Å². The summed E-state index contributed by atoms with van der Waals surface area (Å²) in [5.74, 6) is 0.198. The Bertz CT molecular complexity index is 524. The number of nitrogens with one attached hydrogen (secondary N) is 2. The molecular weight excluding hydrogens is 361 g/mol. The van der Waals surface area contributed by atoms with Crippen LogP contribution in [0, 0.1) is 0 Å². The second-order valence-corrected chi connectivity index (χ2v) is 6.30. The topological polar surface area (TPSA) is 53.6 Å². The Balaban J connectivity index is 0.00000156. The third-order valence-corrected chi connectivity index (χ3v) is 4.75. The number of ether oxygens (including phenoxy) is 1. The molecule has 0 bridgehead atoms. The average molecular weight is 390 g/mol. The van der Waals surface area contributed by atoms with Gasteiger partial charge in [0.2, 0.25) is 5.91 Å². The number of piperazine rings is 1. The van der Waals surface area contributed by atoms with E-state index in [1.54, 1.807) is 0 Å². The number of aryl methyl sites for hydroxylation is 1. The van der Waals surface area contributed by atoms with Gasteiger partial charge in [-0.15, -0.1) is 24.8 Å². The Morgan fingerprint density at radius 2 is 1.88 bits per heavy atom. The molecule has 3 rings (SSSR count). The van der Waals surface area contributed by atoms with Crippen LogP contribution < -0.4 is 10.6 Å². The summed E-state index contributed by atoms with van der Waals surface area (Å²) >= 11 is 0. The summed E-state index contributed by atoms with van der Waals surface area (Å²) < 4.78 is 5.69. The van der Waals surface area contributed by atoms with Crippen LogP contribution in [0.2, 0.25) is 0 Å². The Kier molecular flexibility index (Phi) is 9.75. The summed E-state index contributed by atoms with van der Waals surface area (Å²) in [6.07, 6.45) is 1.81. The maximum Gasteiger partial charge on any atom is 0.225 e. The molecule has 2 heterocycles. The lowest BCUT2D eigenvalue weighted by Crippen LogP contribution is -2.50. The van der Waals surface area contributed by atoms with Crippen LogP contribution in [-0.4, -0.2) is 56.2 Å². The number of nitrogens with zero attached hydrogens (tertiary/aromatic N) is 1. The SMILES string of the molecule is CCc1ccc(C2CNCCN2C(=O)CCOC2CNC2)cc1.Cl.Cl. The zero-order chi connectivity index (χ0) is 16.1. The van der Waals surface area contributed by atoms with E-state index >= 15 is 0 Å². The summed E-state index contributed by atoms with van der Waals surface area (Å²) in [6, 6.07) is 8.78. The molecule has 142 valence electrons. The third-order valence-electron chi connectivity index (χ3n) is 4.75. The molecule has 5 nitrogen and oxygen atoms in total. The summed E-state index contributed by atoms with van der Waals surface area (Å²) in [5.41, 5.74) is 2.55. The van der Waals surface area contributed by atoms with Crippen molar-refractivity contribution in [2.45, 2.75) is 31.9 Å². The average Bonchev–Trinajstić information content (AvgIpc) is 2.57. The highest BCUT2D eigenvalue weighted by atomic mass is 35.5. The number of carbonyl (C=O) groups excluding carboxylic acids is 1. The van der Waals surface area contributed by atoms with Crippen molar-refractivity contribution in [3.8, 4) is 0 Å². The highest BCUT2D eigenvalue weighted by Crippen LogP contribution is 2.23. The van der Waals surface area contributed by atoms with Crippen molar-refractivity contribution in [2.24, 2.45) is 0 Å². The van der Waals surface area contributed by atoms with Crippen molar-refractivity contribution in [2.75, 3.05) is 39.3 Å². The van der Waals surface area contributed by atoms with Crippen molar-refractivity contribution in [3.05, 3.63) is 35.4 Å². The van der Waals surface area contributed by atoms with Gasteiger partial charge in [0.15, 0.2) is 0 Å². The molecule has 2 saturated heterocycles. The summed E-state index contributed by atoms with van der Waals surface area (Å²) in [4.78, 5) is 14.6. The molecule has 2 aliphatic rings. The van der Waals surface area contributed by atoms with E-state index in [9.17, 15) is 4.79 Å². The highest BCUT2D eigenvalue weighted by molar-refractivity contribution is 5.85. The molecule has 2 aliphatic heterocycles. The maximum atomic E-state index is 12.6. The molecule has 0 aliphatic carbocycles. The van der Waals surface area contributed by atoms with Crippen LogP contribution in [0.4, 0.5) is 0 Å². The number of carbonyl (C=O) groups is 1. The molecule has 1 aromatic carbocycles. The van der Waals surface area contributed by atoms with Crippen LogP contribution in [0.15, 0.2) is 24.3 Å². The number of halogens is 2. The lowest BCUT2D eigenvalue weighted by molar-refractivity contribution is -0.136. The standard InChI is InChI=1S/C18H27N3O2.2ClH/c1-2-14-3-5-15(6-4-14)17-13-19-8-9-21(17)18(22)7-10-23-16-11-20-12-16;;/h3-6,16-17,19-20H,2,7-13H2,1H3;2*1H. The van der Waals surface area contributed by atoms with Crippen molar-refractivity contribution >= 4 is 30.7 Å². The fourth-order valence-electron chi connectivity index (χ4n) is 3.11. The van der Waals surface area contributed by atoms with Gasteiger partial charge in [-0.25, -0.2) is 0 Å². The number of amides is 1. The maximum absolute atomic E-state index is 12.6. The molecule has 0 aromatic heterocycles. The first-order chi connectivity index (χ1) is 11.3. The number of rotatable bonds is 6. The van der Waals surface area contributed by atoms with Crippen LogP contribution in [-0.2, 0) is 16.0 Å². The first-order valence-corrected chi connectivity index (χ1v) is 8.69. The lowest BCUT2D eigenvalue weighted by atomic mass is 10.0. The van der Waals surface area contributed by atoms with Gasteiger partial charge >= 0.3 is 0 Å². The summed E-state index contributed by atoms with van der Waals surface area (Å²) in [5, 5.41) is 6.58. The minimum absolute atomic E-state index is 0. The molecule has 2 N–H and O–H groups in total. The summed E-state index contributed by atoms with van der Waals surface area (Å²) in [6.45, 7) is 6.96. The predicted molar refractivity (Wildman–Crippen MR) is 105 cm³/mol. The molecule has 1 amide bonds. The van der Waals surface area contributed by atoms with Gasteiger partial charge in [0.05, 0.1) is 25.2 Å². The van der Waals surface area contributed by atoms with E-state index in [1.807, 2.05) is 4.90 Å². The van der Waals surface area contributed by atoms with Crippen molar-refractivity contribution < 1.29 is 9.53 Å². The van der Waals surface area contributed by atoms with Gasteiger partial charge in [-0.2, -0.15) is 0 Å².